The number of ether oxygens (including phenoxy) is 1. The van der Waals surface area contributed by atoms with E-state index in [9.17, 15) is 9.90 Å². The quantitative estimate of drug-likeness (QED) is 0.236. The summed E-state index contributed by atoms with van der Waals surface area (Å²) in [4.78, 5) is 11.7. The van der Waals surface area contributed by atoms with Gasteiger partial charge in [-0.05, 0) is 12.5 Å². The van der Waals surface area contributed by atoms with Crippen molar-refractivity contribution in [3.63, 3.8) is 0 Å². The van der Waals surface area contributed by atoms with Crippen LogP contribution in [0.25, 0.3) is 0 Å². The zero-order valence-electron chi connectivity index (χ0n) is 12.9. The Kier molecular flexibility index (Phi) is 12.2. The molecule has 3 nitrogen and oxygen atoms in total. The largest absolute Gasteiger partial charge is 0.432 e. The first-order valence-electron chi connectivity index (χ1n) is 7.79. The average Bonchev–Trinajstić information content (AvgIpc) is 2.45. The van der Waals surface area contributed by atoms with E-state index in [2.05, 4.69) is 20.1 Å². The maximum absolute atomic E-state index is 11.7. The molecule has 116 valence electrons. The molecule has 20 heavy (non-hydrogen) atoms. The van der Waals surface area contributed by atoms with E-state index in [1.807, 2.05) is 0 Å². The highest BCUT2D eigenvalue weighted by Crippen LogP contribution is 2.15. The van der Waals surface area contributed by atoms with Crippen LogP contribution in [0.2, 0.25) is 0 Å². The van der Waals surface area contributed by atoms with Crippen LogP contribution in [0.5, 0.6) is 0 Å². The highest BCUT2D eigenvalue weighted by Gasteiger charge is 2.18. The summed E-state index contributed by atoms with van der Waals surface area (Å²) < 4.78 is 4.80. The van der Waals surface area contributed by atoms with Gasteiger partial charge >= 0.3 is 5.97 Å². The number of carbonyl (C=O) groups is 1. The molecule has 0 spiro atoms. The molecule has 2 unspecified atom stereocenters. The van der Waals surface area contributed by atoms with Crippen LogP contribution in [0.1, 0.15) is 64.7 Å². The van der Waals surface area contributed by atoms with Gasteiger partial charge in [0.2, 0.25) is 6.29 Å². The lowest BCUT2D eigenvalue weighted by Crippen LogP contribution is -2.21. The molecule has 0 saturated carbocycles. The number of aliphatic hydroxyl groups is 1. The number of hydrogen-bond donors (Lipinski definition) is 1. The van der Waals surface area contributed by atoms with Gasteiger partial charge in [-0.1, -0.05) is 70.9 Å². The number of unbranched alkanes of at least 4 members (excludes halogenated alkanes) is 7. The van der Waals surface area contributed by atoms with E-state index in [4.69, 9.17) is 4.74 Å². The standard InChI is InChI=1S/C17H30O3/c1-4-7-8-9-10-11-12-13-14-15(5-2)17(19)20-16(18)6-3/h5-6,15-16,18H,2-4,7-14H2,1H3. The first-order valence-corrected chi connectivity index (χ1v) is 7.79. The van der Waals surface area contributed by atoms with Gasteiger partial charge in [0.05, 0.1) is 5.92 Å². The highest BCUT2D eigenvalue weighted by molar-refractivity contribution is 5.74. The Morgan fingerprint density at radius 3 is 2.10 bits per heavy atom. The Balaban J connectivity index is 3.66. The lowest BCUT2D eigenvalue weighted by atomic mass is 10.00. The summed E-state index contributed by atoms with van der Waals surface area (Å²) in [6, 6.07) is 0. The summed E-state index contributed by atoms with van der Waals surface area (Å²) in [5.41, 5.74) is 0. The van der Waals surface area contributed by atoms with Crippen LogP contribution in [-0.2, 0) is 9.53 Å². The molecule has 0 bridgehead atoms. The Morgan fingerprint density at radius 2 is 1.60 bits per heavy atom. The molecule has 0 aliphatic rings. The number of hydrogen-bond acceptors (Lipinski definition) is 3. The second-order valence-corrected chi connectivity index (χ2v) is 5.17. The molecule has 0 saturated heterocycles. The zero-order chi connectivity index (χ0) is 15.2. The third kappa shape index (κ3) is 9.79. The lowest BCUT2D eigenvalue weighted by molar-refractivity contribution is -0.164. The first kappa shape index (κ1) is 18.9. The molecule has 0 radical (unpaired) electrons. The Morgan fingerprint density at radius 1 is 1.05 bits per heavy atom. The molecule has 1 N–H and O–H groups in total. The van der Waals surface area contributed by atoms with Gasteiger partial charge in [0.15, 0.2) is 0 Å². The molecule has 0 aromatic carbocycles. The van der Waals surface area contributed by atoms with Gasteiger partial charge in [-0.3, -0.25) is 4.79 Å². The number of rotatable bonds is 13. The van der Waals surface area contributed by atoms with Crippen molar-refractivity contribution in [3.05, 3.63) is 25.3 Å². The van der Waals surface area contributed by atoms with E-state index in [0.29, 0.717) is 0 Å². The first-order chi connectivity index (χ1) is 9.65. The fraction of sp³-hybridized carbons (Fsp3) is 0.706. The second-order valence-electron chi connectivity index (χ2n) is 5.17. The van der Waals surface area contributed by atoms with E-state index in [-0.39, 0.29) is 5.92 Å². The summed E-state index contributed by atoms with van der Waals surface area (Å²) in [5.74, 6) is -0.750. The Hall–Kier alpha value is -1.09. The molecular weight excluding hydrogens is 252 g/mol. The number of aliphatic hydroxyl groups excluding tert-OH is 1. The average molecular weight is 282 g/mol. The van der Waals surface area contributed by atoms with Gasteiger partial charge in [-0.25, -0.2) is 0 Å². The van der Waals surface area contributed by atoms with Gasteiger partial charge in [0.25, 0.3) is 0 Å². The Labute approximate surface area is 123 Å². The SMILES string of the molecule is C=CC(O)OC(=O)C(C=C)CCCCCCCCCC. The summed E-state index contributed by atoms with van der Waals surface area (Å²) in [7, 11) is 0. The fourth-order valence-electron chi connectivity index (χ4n) is 2.08. The van der Waals surface area contributed by atoms with Gasteiger partial charge in [-0.2, -0.15) is 0 Å². The van der Waals surface area contributed by atoms with Crippen LogP contribution in [0.4, 0.5) is 0 Å². The molecule has 2 atom stereocenters. The molecule has 0 amide bonds. The van der Waals surface area contributed by atoms with E-state index in [1.54, 1.807) is 6.08 Å². The smallest absolute Gasteiger partial charge is 0.315 e. The molecule has 0 aliphatic heterocycles. The molecule has 0 heterocycles. The van der Waals surface area contributed by atoms with E-state index >= 15 is 0 Å². The van der Waals surface area contributed by atoms with Crippen LogP contribution in [-0.4, -0.2) is 17.4 Å². The topological polar surface area (TPSA) is 46.5 Å². The van der Waals surface area contributed by atoms with E-state index in [0.717, 1.165) is 19.3 Å². The molecule has 0 rings (SSSR count). The minimum Gasteiger partial charge on any atom is -0.432 e. The third-order valence-corrected chi connectivity index (χ3v) is 3.39. The van der Waals surface area contributed by atoms with Crippen molar-refractivity contribution in [1.29, 1.82) is 0 Å². The minimum absolute atomic E-state index is 0.329. The van der Waals surface area contributed by atoms with Crippen molar-refractivity contribution in [3.8, 4) is 0 Å². The fourth-order valence-corrected chi connectivity index (χ4v) is 2.08. The van der Waals surface area contributed by atoms with Crippen molar-refractivity contribution in [2.45, 2.75) is 71.0 Å². The van der Waals surface area contributed by atoms with Crippen molar-refractivity contribution in [2.75, 3.05) is 0 Å². The Bertz CT molecular complexity index is 273. The lowest BCUT2D eigenvalue weighted by Gasteiger charge is -2.14. The van der Waals surface area contributed by atoms with Crippen molar-refractivity contribution < 1.29 is 14.6 Å². The van der Waals surface area contributed by atoms with Gasteiger partial charge in [0, 0.05) is 0 Å². The molecule has 3 heteroatoms. The number of carbonyl (C=O) groups excluding carboxylic acids is 1. The second kappa shape index (κ2) is 12.9. The van der Waals surface area contributed by atoms with Crippen molar-refractivity contribution in [1.82, 2.24) is 0 Å². The molecule has 0 aromatic heterocycles. The monoisotopic (exact) mass is 282 g/mol. The summed E-state index contributed by atoms with van der Waals surface area (Å²) in [6.07, 6.45) is 12.2. The molecule has 0 aromatic rings. The summed E-state index contributed by atoms with van der Waals surface area (Å²) >= 11 is 0. The van der Waals surface area contributed by atoms with Crippen LogP contribution < -0.4 is 0 Å². The van der Waals surface area contributed by atoms with E-state index < -0.39 is 12.3 Å². The third-order valence-electron chi connectivity index (χ3n) is 3.39. The predicted molar refractivity (Wildman–Crippen MR) is 83.2 cm³/mol. The minimum atomic E-state index is -1.22. The van der Waals surface area contributed by atoms with Gasteiger partial charge in [0.1, 0.15) is 0 Å². The highest BCUT2D eigenvalue weighted by atomic mass is 16.6. The zero-order valence-corrected chi connectivity index (χ0v) is 12.9. The molecule has 0 fully saturated rings. The van der Waals surface area contributed by atoms with Crippen LogP contribution in [0, 0.1) is 5.92 Å². The maximum Gasteiger partial charge on any atom is 0.315 e. The molecule has 0 aliphatic carbocycles. The maximum atomic E-state index is 11.7. The summed E-state index contributed by atoms with van der Waals surface area (Å²) in [5, 5.41) is 9.19. The number of esters is 1. The summed E-state index contributed by atoms with van der Waals surface area (Å²) in [6.45, 7) is 9.24. The molecular formula is C17H30O3. The van der Waals surface area contributed by atoms with Gasteiger partial charge < -0.3 is 9.84 Å². The van der Waals surface area contributed by atoms with E-state index in [1.165, 1.54) is 44.6 Å². The normalized spacial score (nSPS) is 13.5. The van der Waals surface area contributed by atoms with Crippen LogP contribution in [0.15, 0.2) is 25.3 Å². The van der Waals surface area contributed by atoms with Gasteiger partial charge in [-0.15, -0.1) is 6.58 Å². The van der Waals surface area contributed by atoms with Crippen LogP contribution in [0.3, 0.4) is 0 Å². The van der Waals surface area contributed by atoms with Crippen LogP contribution >= 0.6 is 0 Å². The van der Waals surface area contributed by atoms with Crippen molar-refractivity contribution >= 4 is 5.97 Å². The predicted octanol–water partition coefficient (Wildman–Crippen LogP) is 4.37. The van der Waals surface area contributed by atoms with Crippen molar-refractivity contribution in [2.24, 2.45) is 5.92 Å².